The summed E-state index contributed by atoms with van der Waals surface area (Å²) < 4.78 is 22.2. The van der Waals surface area contributed by atoms with Gasteiger partial charge in [-0.25, -0.2) is 0 Å². The van der Waals surface area contributed by atoms with E-state index in [1.807, 2.05) is 26.0 Å². The van der Waals surface area contributed by atoms with Gasteiger partial charge in [0.15, 0.2) is 5.92 Å². The molecule has 1 fully saturated rings. The molecule has 0 spiro atoms. The molecule has 0 bridgehead atoms. The zero-order chi connectivity index (χ0) is 22.9. The molecule has 0 aliphatic carbocycles. The first-order chi connectivity index (χ1) is 13.9. The lowest BCUT2D eigenvalue weighted by molar-refractivity contribution is -0.243. The van der Waals surface area contributed by atoms with Crippen LogP contribution in [-0.4, -0.2) is 31.9 Å². The van der Waals surface area contributed by atoms with Gasteiger partial charge < -0.3 is 18.9 Å². The summed E-state index contributed by atoms with van der Waals surface area (Å²) >= 11 is 0. The van der Waals surface area contributed by atoms with Crippen LogP contribution in [0.5, 0.6) is 11.5 Å². The van der Waals surface area contributed by atoms with E-state index in [4.69, 9.17) is 18.9 Å². The smallest absolute Gasteiger partial charge is 0.324 e. The zero-order valence-corrected chi connectivity index (χ0v) is 19.4. The third-order valence-corrected chi connectivity index (χ3v) is 5.65. The lowest BCUT2D eigenvalue weighted by atomic mass is 9.67. The van der Waals surface area contributed by atoms with Gasteiger partial charge in [0.1, 0.15) is 11.5 Å². The van der Waals surface area contributed by atoms with Crippen molar-refractivity contribution in [3.05, 3.63) is 35.4 Å². The van der Waals surface area contributed by atoms with Crippen LogP contribution in [-0.2, 0) is 24.5 Å². The van der Waals surface area contributed by atoms with Crippen LogP contribution >= 0.6 is 0 Å². The van der Waals surface area contributed by atoms with E-state index in [0.717, 1.165) is 16.7 Å². The number of hydrogen-bond acceptors (Lipinski definition) is 6. The van der Waals surface area contributed by atoms with E-state index in [1.54, 1.807) is 28.1 Å². The monoisotopic (exact) mass is 418 g/mol. The van der Waals surface area contributed by atoms with Gasteiger partial charge in [-0.05, 0) is 43.4 Å². The predicted molar refractivity (Wildman–Crippen MR) is 115 cm³/mol. The van der Waals surface area contributed by atoms with Crippen LogP contribution < -0.4 is 9.47 Å². The Kier molecular flexibility index (Phi) is 6.90. The van der Waals surface area contributed by atoms with Crippen LogP contribution in [0.2, 0.25) is 0 Å². The van der Waals surface area contributed by atoms with Gasteiger partial charge in [0.2, 0.25) is 0 Å². The van der Waals surface area contributed by atoms with Crippen molar-refractivity contribution in [3.8, 4) is 11.5 Å². The van der Waals surface area contributed by atoms with Gasteiger partial charge in [0, 0.05) is 24.8 Å². The molecular weight excluding hydrogens is 384 g/mol. The Bertz CT molecular complexity index is 793. The van der Waals surface area contributed by atoms with Crippen molar-refractivity contribution >= 4 is 11.9 Å². The molecule has 1 aliphatic rings. The third kappa shape index (κ3) is 4.63. The van der Waals surface area contributed by atoms with Crippen LogP contribution in [0, 0.1) is 5.92 Å². The summed E-state index contributed by atoms with van der Waals surface area (Å²) in [5.74, 6) is -2.10. The minimum absolute atomic E-state index is 0.163. The molecule has 6 heteroatoms. The fourth-order valence-electron chi connectivity index (χ4n) is 4.01. The molecule has 1 saturated heterocycles. The number of cyclic esters (lactones) is 2. The standard InChI is InChI=1S/C24H34O6/c1-14(2)10-11-24(7,20-21(25)29-23(5,6)30-22(20)26)16-12-17(27-8)19(15(3)4)18(13-16)28-9/h12-13,15,20H,1,10-11H2,2-9H3. The van der Waals surface area contributed by atoms with Crippen molar-refractivity contribution in [1.29, 1.82) is 0 Å². The molecule has 30 heavy (non-hydrogen) atoms. The van der Waals surface area contributed by atoms with Gasteiger partial charge in [-0.2, -0.15) is 0 Å². The number of carbonyl (C=O) groups is 2. The topological polar surface area (TPSA) is 71.1 Å². The predicted octanol–water partition coefficient (Wildman–Crippen LogP) is 4.89. The number of rotatable bonds is 8. The van der Waals surface area contributed by atoms with Crippen LogP contribution in [0.4, 0.5) is 0 Å². The van der Waals surface area contributed by atoms with E-state index in [2.05, 4.69) is 20.4 Å². The Morgan fingerprint density at radius 1 is 1.13 bits per heavy atom. The molecule has 0 N–H and O–H groups in total. The lowest BCUT2D eigenvalue weighted by Crippen LogP contribution is -2.53. The van der Waals surface area contributed by atoms with Gasteiger partial charge >= 0.3 is 11.9 Å². The zero-order valence-electron chi connectivity index (χ0n) is 19.4. The number of carbonyl (C=O) groups excluding carboxylic acids is 2. The summed E-state index contributed by atoms with van der Waals surface area (Å²) in [6, 6.07) is 3.77. The largest absolute Gasteiger partial charge is 0.496 e. The molecule has 166 valence electrons. The first-order valence-electron chi connectivity index (χ1n) is 10.2. The number of benzene rings is 1. The van der Waals surface area contributed by atoms with Crippen LogP contribution in [0.25, 0.3) is 0 Å². The molecular formula is C24H34O6. The third-order valence-electron chi connectivity index (χ3n) is 5.65. The van der Waals surface area contributed by atoms with Crippen molar-refractivity contribution < 1.29 is 28.5 Å². The highest BCUT2D eigenvalue weighted by Crippen LogP contribution is 2.46. The fourth-order valence-corrected chi connectivity index (χ4v) is 4.01. The van der Waals surface area contributed by atoms with E-state index in [1.165, 1.54) is 0 Å². The highest BCUT2D eigenvalue weighted by molar-refractivity contribution is 5.98. The maximum absolute atomic E-state index is 13.0. The highest BCUT2D eigenvalue weighted by atomic mass is 16.7. The first kappa shape index (κ1) is 23.8. The van der Waals surface area contributed by atoms with E-state index >= 15 is 0 Å². The number of ether oxygens (including phenoxy) is 4. The van der Waals surface area contributed by atoms with E-state index in [0.29, 0.717) is 24.3 Å². The molecule has 0 saturated carbocycles. The van der Waals surface area contributed by atoms with Gasteiger partial charge in [0.25, 0.3) is 5.79 Å². The lowest BCUT2D eigenvalue weighted by Gasteiger charge is -2.42. The normalized spacial score (nSPS) is 18.4. The first-order valence-corrected chi connectivity index (χ1v) is 10.2. The second kappa shape index (κ2) is 8.70. The summed E-state index contributed by atoms with van der Waals surface area (Å²) in [7, 11) is 3.20. The second-order valence-corrected chi connectivity index (χ2v) is 9.00. The second-order valence-electron chi connectivity index (χ2n) is 9.00. The molecule has 0 amide bonds. The van der Waals surface area contributed by atoms with Gasteiger partial charge in [0.05, 0.1) is 14.2 Å². The summed E-state index contributed by atoms with van der Waals surface area (Å²) in [6.07, 6.45) is 1.14. The quantitative estimate of drug-likeness (QED) is 0.340. The van der Waals surface area contributed by atoms with Crippen LogP contribution in [0.1, 0.15) is 71.4 Å². The maximum Gasteiger partial charge on any atom is 0.324 e. The minimum atomic E-state index is -1.28. The summed E-state index contributed by atoms with van der Waals surface area (Å²) in [5.41, 5.74) is 1.73. The van der Waals surface area contributed by atoms with E-state index in [-0.39, 0.29) is 5.92 Å². The Morgan fingerprint density at radius 2 is 1.60 bits per heavy atom. The molecule has 1 atom stereocenters. The summed E-state index contributed by atoms with van der Waals surface area (Å²) in [4.78, 5) is 25.9. The van der Waals surface area contributed by atoms with Crippen molar-refractivity contribution in [3.63, 3.8) is 0 Å². The fraction of sp³-hybridized carbons (Fsp3) is 0.583. The SMILES string of the molecule is C=C(C)CCC(C)(c1cc(OC)c(C(C)C)c(OC)c1)C1C(=O)OC(C)(C)OC1=O. The maximum atomic E-state index is 13.0. The number of methoxy groups -OCH3 is 2. The van der Waals surface area contributed by atoms with E-state index in [9.17, 15) is 9.59 Å². The van der Waals surface area contributed by atoms with Gasteiger partial charge in [-0.3, -0.25) is 9.59 Å². The molecule has 1 aliphatic heterocycles. The van der Waals surface area contributed by atoms with Crippen molar-refractivity contribution in [1.82, 2.24) is 0 Å². The molecule has 1 aromatic rings. The summed E-state index contributed by atoms with van der Waals surface area (Å²) in [6.45, 7) is 15.0. The van der Waals surface area contributed by atoms with Gasteiger partial charge in [-0.1, -0.05) is 26.3 Å². The number of esters is 2. The molecule has 1 aromatic carbocycles. The number of allylic oxidation sites excluding steroid dienone is 1. The Morgan fingerprint density at radius 3 is 1.97 bits per heavy atom. The summed E-state index contributed by atoms with van der Waals surface area (Å²) in [5, 5.41) is 0. The Labute approximate surface area is 179 Å². The Balaban J connectivity index is 2.68. The average molecular weight is 419 g/mol. The van der Waals surface area contributed by atoms with E-state index < -0.39 is 29.1 Å². The molecule has 0 radical (unpaired) electrons. The molecule has 0 aromatic heterocycles. The Hall–Kier alpha value is -2.50. The molecule has 1 heterocycles. The molecule has 6 nitrogen and oxygen atoms in total. The number of hydrogen-bond donors (Lipinski definition) is 0. The van der Waals surface area contributed by atoms with Crippen molar-refractivity contribution in [2.75, 3.05) is 14.2 Å². The molecule has 1 unspecified atom stereocenters. The van der Waals surface area contributed by atoms with Crippen LogP contribution in [0.15, 0.2) is 24.3 Å². The highest BCUT2D eigenvalue weighted by Gasteiger charge is 2.53. The van der Waals surface area contributed by atoms with Crippen LogP contribution in [0.3, 0.4) is 0 Å². The molecule has 2 rings (SSSR count). The average Bonchev–Trinajstić information content (AvgIpc) is 2.63. The van der Waals surface area contributed by atoms with Crippen molar-refractivity contribution in [2.24, 2.45) is 5.92 Å². The van der Waals surface area contributed by atoms with Crippen molar-refractivity contribution in [2.45, 2.75) is 71.5 Å². The van der Waals surface area contributed by atoms with Gasteiger partial charge in [-0.15, -0.1) is 6.58 Å². The minimum Gasteiger partial charge on any atom is -0.496 e.